The van der Waals surface area contributed by atoms with E-state index in [1.54, 1.807) is 11.0 Å². The molecule has 0 bridgehead atoms. The van der Waals surface area contributed by atoms with Crippen LogP contribution in [0.3, 0.4) is 0 Å². The number of benzene rings is 2. The zero-order valence-corrected chi connectivity index (χ0v) is 18.2. The number of rotatable bonds is 3. The zero-order valence-electron chi connectivity index (χ0n) is 16.7. The lowest BCUT2D eigenvalue weighted by molar-refractivity contribution is -0.137. The number of carbonyl (C=O) groups excluding carboxylic acids is 2. The summed E-state index contributed by atoms with van der Waals surface area (Å²) in [6.45, 7) is 1.63. The number of hydrogen-bond donors (Lipinski definition) is 0. The van der Waals surface area contributed by atoms with E-state index < -0.39 is 11.7 Å². The molecule has 2 aliphatic rings. The number of piperazine rings is 1. The zero-order chi connectivity index (χ0) is 22.2. The molecule has 0 atom stereocenters. The molecule has 1 saturated heterocycles. The molecular formula is C22H21BrF3N3O2. The highest BCUT2D eigenvalue weighted by atomic mass is 79.9. The van der Waals surface area contributed by atoms with Crippen LogP contribution < -0.4 is 9.80 Å². The summed E-state index contributed by atoms with van der Waals surface area (Å²) < 4.78 is 39.9. The lowest BCUT2D eigenvalue weighted by Gasteiger charge is -2.38. The number of hydrogen-bond acceptors (Lipinski definition) is 3. The first kappa shape index (κ1) is 21.7. The van der Waals surface area contributed by atoms with Gasteiger partial charge in [0.05, 0.1) is 5.56 Å². The number of alkyl halides is 3. The molecule has 164 valence electrons. The van der Waals surface area contributed by atoms with E-state index in [1.807, 2.05) is 23.1 Å². The number of aryl methyl sites for hydroxylation is 1. The molecule has 0 radical (unpaired) electrons. The number of nitrogens with zero attached hydrogens (tertiary/aromatic N) is 3. The second kappa shape index (κ2) is 8.53. The van der Waals surface area contributed by atoms with Crippen LogP contribution in [0.1, 0.15) is 17.5 Å². The molecule has 0 unspecified atom stereocenters. The molecule has 31 heavy (non-hydrogen) atoms. The molecule has 5 nitrogen and oxygen atoms in total. The summed E-state index contributed by atoms with van der Waals surface area (Å²) in [6.07, 6.45) is -3.38. The molecule has 2 aliphatic heterocycles. The Morgan fingerprint density at radius 1 is 1.00 bits per heavy atom. The van der Waals surface area contributed by atoms with Gasteiger partial charge in [-0.25, -0.2) is 0 Å². The van der Waals surface area contributed by atoms with Crippen molar-refractivity contribution in [3.63, 3.8) is 0 Å². The van der Waals surface area contributed by atoms with Crippen molar-refractivity contribution >= 4 is 39.1 Å². The molecule has 1 fully saturated rings. The van der Waals surface area contributed by atoms with E-state index >= 15 is 0 Å². The van der Waals surface area contributed by atoms with E-state index in [4.69, 9.17) is 0 Å². The Balaban J connectivity index is 1.40. The Labute approximate surface area is 186 Å². The summed E-state index contributed by atoms with van der Waals surface area (Å²) in [5.74, 6) is -0.237. The number of halogens is 4. The van der Waals surface area contributed by atoms with E-state index in [-0.39, 0.29) is 18.4 Å². The third-order valence-corrected chi connectivity index (χ3v) is 6.20. The predicted octanol–water partition coefficient (Wildman–Crippen LogP) is 4.10. The third-order valence-electron chi connectivity index (χ3n) is 5.71. The number of carbonyl (C=O) groups is 2. The van der Waals surface area contributed by atoms with Crippen LogP contribution >= 0.6 is 15.9 Å². The predicted molar refractivity (Wildman–Crippen MR) is 115 cm³/mol. The monoisotopic (exact) mass is 495 g/mol. The summed E-state index contributed by atoms with van der Waals surface area (Å²) in [6, 6.07) is 10.9. The summed E-state index contributed by atoms with van der Waals surface area (Å²) in [4.78, 5) is 30.4. The largest absolute Gasteiger partial charge is 0.416 e. The Morgan fingerprint density at radius 2 is 1.74 bits per heavy atom. The Hall–Kier alpha value is -2.55. The van der Waals surface area contributed by atoms with E-state index in [0.29, 0.717) is 44.7 Å². The summed E-state index contributed by atoms with van der Waals surface area (Å²) >= 11 is 3.43. The van der Waals surface area contributed by atoms with Crippen LogP contribution in [0.4, 0.5) is 24.5 Å². The van der Waals surface area contributed by atoms with Crippen molar-refractivity contribution in [3.8, 4) is 0 Å². The van der Waals surface area contributed by atoms with Gasteiger partial charge in [-0.3, -0.25) is 9.59 Å². The SMILES string of the molecule is O=C(CN1C(=O)CCc2cc(Br)ccc21)N1CCN(c2cccc(C(F)(F)F)c2)CC1. The minimum Gasteiger partial charge on any atom is -0.368 e. The van der Waals surface area contributed by atoms with Gasteiger partial charge in [-0.05, 0) is 48.4 Å². The maximum absolute atomic E-state index is 13.0. The number of anilines is 2. The molecule has 2 heterocycles. The standard InChI is InChI=1S/C22H21BrF3N3O2/c23-17-5-6-19-15(12-17)4-7-20(30)29(19)14-21(31)28-10-8-27(9-11-28)18-3-1-2-16(13-18)22(24,25)26/h1-3,5-6,12-13H,4,7-11,14H2. The van der Waals surface area contributed by atoms with Crippen LogP contribution in [-0.4, -0.2) is 49.4 Å². The van der Waals surface area contributed by atoms with E-state index in [9.17, 15) is 22.8 Å². The van der Waals surface area contributed by atoms with Crippen LogP contribution in [0, 0.1) is 0 Å². The van der Waals surface area contributed by atoms with E-state index in [1.165, 1.54) is 11.0 Å². The Bertz CT molecular complexity index is 1000. The van der Waals surface area contributed by atoms with Crippen LogP contribution in [0.25, 0.3) is 0 Å². The van der Waals surface area contributed by atoms with Crippen molar-refractivity contribution in [3.05, 3.63) is 58.1 Å². The van der Waals surface area contributed by atoms with Crippen molar-refractivity contribution in [1.82, 2.24) is 4.90 Å². The van der Waals surface area contributed by atoms with Crippen molar-refractivity contribution < 1.29 is 22.8 Å². The van der Waals surface area contributed by atoms with Crippen molar-refractivity contribution in [2.45, 2.75) is 19.0 Å². The topological polar surface area (TPSA) is 43.9 Å². The molecule has 2 aromatic rings. The maximum atomic E-state index is 13.0. The Kier molecular flexibility index (Phi) is 5.96. The first-order valence-corrected chi connectivity index (χ1v) is 10.8. The van der Waals surface area contributed by atoms with Gasteiger partial charge < -0.3 is 14.7 Å². The van der Waals surface area contributed by atoms with Gasteiger partial charge in [0.1, 0.15) is 6.54 Å². The average molecular weight is 496 g/mol. The van der Waals surface area contributed by atoms with Gasteiger partial charge in [-0.1, -0.05) is 22.0 Å². The highest BCUT2D eigenvalue weighted by Gasteiger charge is 2.32. The lowest BCUT2D eigenvalue weighted by Crippen LogP contribution is -2.52. The molecule has 4 rings (SSSR count). The lowest BCUT2D eigenvalue weighted by atomic mass is 10.0. The molecule has 9 heteroatoms. The fraction of sp³-hybridized carbons (Fsp3) is 0.364. The summed E-state index contributed by atoms with van der Waals surface area (Å²) in [5, 5.41) is 0. The normalized spacial score (nSPS) is 17.0. The van der Waals surface area contributed by atoms with Crippen molar-refractivity contribution in [2.24, 2.45) is 0 Å². The average Bonchev–Trinajstić information content (AvgIpc) is 2.75. The molecule has 0 N–H and O–H groups in total. The number of fused-ring (bicyclic) bond motifs is 1. The van der Waals surface area contributed by atoms with Gasteiger partial charge in [0.15, 0.2) is 0 Å². The molecule has 0 spiro atoms. The third kappa shape index (κ3) is 4.71. The van der Waals surface area contributed by atoms with Crippen LogP contribution in [0.2, 0.25) is 0 Å². The van der Waals surface area contributed by atoms with E-state index in [2.05, 4.69) is 15.9 Å². The number of amides is 2. The molecular weight excluding hydrogens is 475 g/mol. The highest BCUT2D eigenvalue weighted by Crippen LogP contribution is 2.32. The summed E-state index contributed by atoms with van der Waals surface area (Å²) in [7, 11) is 0. The fourth-order valence-electron chi connectivity index (χ4n) is 4.03. The molecule has 0 saturated carbocycles. The molecule has 2 amide bonds. The molecule has 0 aliphatic carbocycles. The van der Waals surface area contributed by atoms with E-state index in [0.717, 1.165) is 27.9 Å². The minimum absolute atomic E-state index is 0.0307. The molecule has 2 aromatic carbocycles. The van der Waals surface area contributed by atoms with Crippen LogP contribution in [-0.2, 0) is 22.2 Å². The van der Waals surface area contributed by atoms with Crippen LogP contribution in [0.15, 0.2) is 46.9 Å². The van der Waals surface area contributed by atoms with Crippen LogP contribution in [0.5, 0.6) is 0 Å². The highest BCUT2D eigenvalue weighted by molar-refractivity contribution is 9.10. The first-order valence-electron chi connectivity index (χ1n) is 10.0. The van der Waals surface area contributed by atoms with Crippen molar-refractivity contribution in [1.29, 1.82) is 0 Å². The fourth-order valence-corrected chi connectivity index (χ4v) is 4.44. The maximum Gasteiger partial charge on any atom is 0.416 e. The molecule has 0 aromatic heterocycles. The van der Waals surface area contributed by atoms with Gasteiger partial charge >= 0.3 is 6.18 Å². The quantitative estimate of drug-likeness (QED) is 0.643. The summed E-state index contributed by atoms with van der Waals surface area (Å²) in [5.41, 5.74) is 1.59. The first-order chi connectivity index (χ1) is 14.7. The smallest absolute Gasteiger partial charge is 0.368 e. The van der Waals surface area contributed by atoms with Gasteiger partial charge in [-0.15, -0.1) is 0 Å². The van der Waals surface area contributed by atoms with Crippen molar-refractivity contribution in [2.75, 3.05) is 42.5 Å². The van der Waals surface area contributed by atoms with Gasteiger partial charge in [-0.2, -0.15) is 13.2 Å². The minimum atomic E-state index is -4.39. The van der Waals surface area contributed by atoms with Gasteiger partial charge in [0, 0.05) is 48.4 Å². The second-order valence-corrected chi connectivity index (χ2v) is 8.58. The Morgan fingerprint density at radius 3 is 2.45 bits per heavy atom. The van der Waals surface area contributed by atoms with Gasteiger partial charge in [0.25, 0.3) is 0 Å². The van der Waals surface area contributed by atoms with Gasteiger partial charge in [0.2, 0.25) is 11.8 Å². The second-order valence-electron chi connectivity index (χ2n) is 7.67.